The van der Waals surface area contributed by atoms with Crippen LogP contribution in [0.4, 0.5) is 17.6 Å². The van der Waals surface area contributed by atoms with Gasteiger partial charge in [0.15, 0.2) is 9.79 Å². The molecular weight excluding hydrogens is 310 g/mol. The summed E-state index contributed by atoms with van der Waals surface area (Å²) >= 11 is -1.21. The maximum atomic E-state index is 12.8. The Labute approximate surface area is 137 Å². The van der Waals surface area contributed by atoms with Gasteiger partial charge in [0.05, 0.1) is 0 Å². The molecule has 23 heavy (non-hydrogen) atoms. The molecule has 0 saturated heterocycles. The highest BCUT2D eigenvalue weighted by Crippen LogP contribution is 2.30. The van der Waals surface area contributed by atoms with Gasteiger partial charge in [0.2, 0.25) is 11.9 Å². The Hall–Kier alpha value is -2.51. The molecule has 6 nitrogen and oxygen atoms in total. The second kappa shape index (κ2) is 6.31. The van der Waals surface area contributed by atoms with Crippen molar-refractivity contribution in [2.24, 2.45) is 0 Å². The molecule has 2 aromatic carbocycles. The average Bonchev–Trinajstić information content (AvgIpc) is 2.92. The van der Waals surface area contributed by atoms with E-state index in [1.54, 1.807) is 0 Å². The Morgan fingerprint density at radius 1 is 1.13 bits per heavy atom. The van der Waals surface area contributed by atoms with Gasteiger partial charge in [0.25, 0.3) is 0 Å². The fraction of sp³-hybridized carbons (Fsp3) is 0.125. The minimum absolute atomic E-state index is 0.253. The third-order valence-electron chi connectivity index (χ3n) is 3.36. The number of aromatic amines is 1. The van der Waals surface area contributed by atoms with Crippen LogP contribution in [0.5, 0.6) is 0 Å². The first-order valence-electron chi connectivity index (χ1n) is 7.07. The molecule has 0 amide bonds. The number of nitrogens with two attached hydrogens (primary N) is 1. The fourth-order valence-electron chi connectivity index (χ4n) is 2.44. The Kier molecular flexibility index (Phi) is 4.22. The second-order valence-corrected chi connectivity index (χ2v) is 6.61. The maximum Gasteiger partial charge on any atom is 0.248 e. The Balaban J connectivity index is 1.91. The average molecular weight is 327 g/mol. The van der Waals surface area contributed by atoms with Crippen LogP contribution in [0.2, 0.25) is 0 Å². The van der Waals surface area contributed by atoms with Gasteiger partial charge in [0, 0.05) is 28.0 Å². The summed E-state index contributed by atoms with van der Waals surface area (Å²) < 4.78 is 12.8. The van der Waals surface area contributed by atoms with E-state index in [1.807, 2.05) is 56.3 Å². The molecule has 0 fully saturated rings. The van der Waals surface area contributed by atoms with Gasteiger partial charge < -0.3 is 15.6 Å². The molecule has 1 aromatic heterocycles. The molecule has 0 aliphatic rings. The highest BCUT2D eigenvalue weighted by atomic mass is 32.2. The number of anilines is 3. The number of nitrogens with zero attached hydrogens (tertiary/aromatic N) is 2. The lowest BCUT2D eigenvalue weighted by atomic mass is 10.1. The molecule has 118 valence electrons. The predicted molar refractivity (Wildman–Crippen MR) is 91.1 cm³/mol. The highest BCUT2D eigenvalue weighted by molar-refractivity contribution is 7.91. The van der Waals surface area contributed by atoms with Gasteiger partial charge in [-0.3, -0.25) is 0 Å². The maximum absolute atomic E-state index is 12.8. The predicted octanol–water partition coefficient (Wildman–Crippen LogP) is 2.91. The smallest absolute Gasteiger partial charge is 0.248 e. The van der Waals surface area contributed by atoms with Crippen LogP contribution in [0.1, 0.15) is 11.1 Å². The molecule has 1 atom stereocenters. The molecule has 7 heteroatoms. The molecule has 0 saturated carbocycles. The van der Waals surface area contributed by atoms with Crippen LogP contribution in [0.3, 0.4) is 0 Å². The van der Waals surface area contributed by atoms with Crippen LogP contribution in [0.25, 0.3) is 0 Å². The monoisotopic (exact) mass is 327 g/mol. The summed E-state index contributed by atoms with van der Waals surface area (Å²) in [5.74, 6) is 0.654. The molecule has 0 radical (unpaired) electrons. The quantitative estimate of drug-likeness (QED) is 0.639. The number of benzene rings is 2. The summed E-state index contributed by atoms with van der Waals surface area (Å²) in [6.45, 7) is 3.89. The SMILES string of the molecule is Cc1cc(Nc2n[nH]c(N)n2)cc(C)c1[S+]([O-])c1ccccc1. The second-order valence-electron chi connectivity index (χ2n) is 5.19. The lowest BCUT2D eigenvalue weighted by Crippen LogP contribution is -2.07. The summed E-state index contributed by atoms with van der Waals surface area (Å²) in [7, 11) is 0. The number of aryl methyl sites for hydroxylation is 2. The normalized spacial score (nSPS) is 12.1. The minimum atomic E-state index is -1.21. The number of nitrogen functional groups attached to an aromatic ring is 1. The first-order chi connectivity index (χ1) is 11.0. The first-order valence-corrected chi connectivity index (χ1v) is 8.22. The van der Waals surface area contributed by atoms with Crippen molar-refractivity contribution < 1.29 is 4.55 Å². The molecule has 0 spiro atoms. The lowest BCUT2D eigenvalue weighted by Gasteiger charge is -2.16. The van der Waals surface area contributed by atoms with Crippen LogP contribution < -0.4 is 11.1 Å². The van der Waals surface area contributed by atoms with Crippen LogP contribution in [0, 0.1) is 13.8 Å². The minimum Gasteiger partial charge on any atom is -0.606 e. The molecule has 1 unspecified atom stereocenters. The van der Waals surface area contributed by atoms with E-state index in [9.17, 15) is 4.55 Å². The van der Waals surface area contributed by atoms with E-state index < -0.39 is 11.2 Å². The van der Waals surface area contributed by atoms with Gasteiger partial charge in [-0.25, -0.2) is 5.10 Å². The Morgan fingerprint density at radius 2 is 1.78 bits per heavy atom. The van der Waals surface area contributed by atoms with E-state index in [2.05, 4.69) is 20.5 Å². The van der Waals surface area contributed by atoms with Crippen molar-refractivity contribution in [1.82, 2.24) is 15.2 Å². The lowest BCUT2D eigenvalue weighted by molar-refractivity contribution is 0.594. The third kappa shape index (κ3) is 3.30. The summed E-state index contributed by atoms with van der Waals surface area (Å²) in [6.07, 6.45) is 0. The van der Waals surface area contributed by atoms with Crippen molar-refractivity contribution in [2.75, 3.05) is 11.1 Å². The standard InChI is InChI=1S/C16H17N5OS/c1-10-8-12(18-16-19-15(17)20-21-16)9-11(2)14(10)23(22)13-6-4-3-5-7-13/h3-9H,1-2H3,(H4,17,18,19,20,21). The van der Waals surface area contributed by atoms with Gasteiger partial charge in [-0.05, 0) is 38.1 Å². The zero-order valence-electron chi connectivity index (χ0n) is 12.8. The van der Waals surface area contributed by atoms with Gasteiger partial charge in [-0.1, -0.05) is 18.2 Å². The topological polar surface area (TPSA) is 103 Å². The van der Waals surface area contributed by atoms with Gasteiger partial charge in [0.1, 0.15) is 0 Å². The van der Waals surface area contributed by atoms with Gasteiger partial charge in [-0.2, -0.15) is 4.98 Å². The van der Waals surface area contributed by atoms with E-state index in [0.717, 1.165) is 26.6 Å². The third-order valence-corrected chi connectivity index (χ3v) is 5.08. The van der Waals surface area contributed by atoms with Crippen LogP contribution in [-0.4, -0.2) is 19.7 Å². The molecule has 3 aromatic rings. The fourth-order valence-corrected chi connectivity index (χ4v) is 3.78. The molecule has 1 heterocycles. The van der Waals surface area contributed by atoms with Crippen LogP contribution >= 0.6 is 0 Å². The van der Waals surface area contributed by atoms with Crippen molar-refractivity contribution in [3.63, 3.8) is 0 Å². The zero-order valence-corrected chi connectivity index (χ0v) is 13.6. The van der Waals surface area contributed by atoms with Crippen molar-refractivity contribution in [2.45, 2.75) is 23.6 Å². The summed E-state index contributed by atoms with van der Waals surface area (Å²) in [5.41, 5.74) is 8.22. The Bertz CT molecular complexity index is 795. The van der Waals surface area contributed by atoms with Crippen molar-refractivity contribution >= 4 is 28.8 Å². The van der Waals surface area contributed by atoms with E-state index in [-0.39, 0.29) is 5.95 Å². The van der Waals surface area contributed by atoms with E-state index in [4.69, 9.17) is 5.73 Å². The number of aromatic nitrogens is 3. The molecule has 0 bridgehead atoms. The van der Waals surface area contributed by atoms with E-state index in [0.29, 0.717) is 5.95 Å². The van der Waals surface area contributed by atoms with Crippen molar-refractivity contribution in [3.05, 3.63) is 53.6 Å². The van der Waals surface area contributed by atoms with Crippen LogP contribution in [-0.2, 0) is 11.2 Å². The van der Waals surface area contributed by atoms with Crippen LogP contribution in [0.15, 0.2) is 52.3 Å². The summed E-state index contributed by atoms with van der Waals surface area (Å²) in [6, 6.07) is 13.3. The number of H-pyrrole nitrogens is 1. The molecular formula is C16H17N5OS. The number of rotatable bonds is 4. The summed E-state index contributed by atoms with van der Waals surface area (Å²) in [4.78, 5) is 5.63. The van der Waals surface area contributed by atoms with E-state index in [1.165, 1.54) is 0 Å². The van der Waals surface area contributed by atoms with E-state index >= 15 is 0 Å². The molecule has 3 rings (SSSR count). The molecule has 0 aliphatic carbocycles. The molecule has 4 N–H and O–H groups in total. The largest absolute Gasteiger partial charge is 0.606 e. The summed E-state index contributed by atoms with van der Waals surface area (Å²) in [5, 5.41) is 9.60. The van der Waals surface area contributed by atoms with Gasteiger partial charge >= 0.3 is 0 Å². The Morgan fingerprint density at radius 3 is 2.35 bits per heavy atom. The van der Waals surface area contributed by atoms with Crippen molar-refractivity contribution in [1.29, 1.82) is 0 Å². The molecule has 0 aliphatic heterocycles. The number of hydrogen-bond acceptors (Lipinski definition) is 5. The zero-order chi connectivity index (χ0) is 16.4. The number of nitrogens with one attached hydrogen (secondary N) is 2. The first kappa shape index (κ1) is 15.4. The highest BCUT2D eigenvalue weighted by Gasteiger charge is 2.20. The van der Waals surface area contributed by atoms with Crippen molar-refractivity contribution in [3.8, 4) is 0 Å². The number of hydrogen-bond donors (Lipinski definition) is 3. The van der Waals surface area contributed by atoms with Gasteiger partial charge in [-0.15, -0.1) is 5.10 Å².